The third-order valence-electron chi connectivity index (χ3n) is 5.85. The number of aromatic nitrogens is 2. The Morgan fingerprint density at radius 1 is 1.31 bits per heavy atom. The highest BCUT2D eigenvalue weighted by Gasteiger charge is 2.47. The Balaban J connectivity index is 1.53. The van der Waals surface area contributed by atoms with Crippen molar-refractivity contribution in [3.8, 4) is 17.3 Å². The van der Waals surface area contributed by atoms with Crippen LogP contribution in [0.2, 0.25) is 0 Å². The summed E-state index contributed by atoms with van der Waals surface area (Å²) < 4.78 is 0. The molecule has 2 aromatic carbocycles. The largest absolute Gasteiger partial charge is 0.373 e. The lowest BCUT2D eigenvalue weighted by Gasteiger charge is -2.40. The molecule has 3 heterocycles. The molecule has 0 aliphatic carbocycles. The van der Waals surface area contributed by atoms with Crippen LogP contribution in [0.4, 0.5) is 5.69 Å². The third-order valence-corrected chi connectivity index (χ3v) is 5.85. The smallest absolute Gasteiger partial charge is 0.179 e. The van der Waals surface area contributed by atoms with Crippen LogP contribution in [0, 0.1) is 16.9 Å². The molecule has 0 bridgehead atoms. The first kappa shape index (κ1) is 15.2. The Morgan fingerprint density at radius 3 is 3.08 bits per heavy atom. The number of rotatable bonds is 1. The standard InChI is InChI=1S/C20H19N5O/c21-12-25-7-6-20(11-25)9-14-5-4-13(8-18(14)23-19(20)26)15-2-1-3-17-16(15)10-22-24-17/h1-5,8,10,19,23,26H,6-7,9,11H2,(H,22,24). The number of nitriles is 1. The summed E-state index contributed by atoms with van der Waals surface area (Å²) in [5.74, 6) is 0. The van der Waals surface area contributed by atoms with Crippen molar-refractivity contribution >= 4 is 16.6 Å². The Kier molecular flexibility index (Phi) is 3.21. The van der Waals surface area contributed by atoms with Crippen molar-refractivity contribution in [2.75, 3.05) is 18.4 Å². The number of aliphatic hydroxyl groups is 1. The van der Waals surface area contributed by atoms with E-state index < -0.39 is 6.23 Å². The fraction of sp³-hybridized carbons (Fsp3) is 0.300. The summed E-state index contributed by atoms with van der Waals surface area (Å²) in [6, 6.07) is 12.5. The fourth-order valence-corrected chi connectivity index (χ4v) is 4.38. The molecule has 130 valence electrons. The zero-order valence-corrected chi connectivity index (χ0v) is 14.2. The van der Waals surface area contributed by atoms with Crippen LogP contribution in [0.5, 0.6) is 0 Å². The first-order valence-electron chi connectivity index (χ1n) is 8.83. The summed E-state index contributed by atoms with van der Waals surface area (Å²) >= 11 is 0. The Bertz CT molecular complexity index is 1040. The molecule has 3 aromatic rings. The Hall–Kier alpha value is -3.04. The van der Waals surface area contributed by atoms with Crippen LogP contribution in [0.25, 0.3) is 22.0 Å². The number of benzene rings is 2. The van der Waals surface area contributed by atoms with Gasteiger partial charge < -0.3 is 15.3 Å². The summed E-state index contributed by atoms with van der Waals surface area (Å²) in [5, 5.41) is 31.4. The molecule has 1 aromatic heterocycles. The molecule has 26 heavy (non-hydrogen) atoms. The number of hydrogen-bond donors (Lipinski definition) is 3. The summed E-state index contributed by atoms with van der Waals surface area (Å²) in [5.41, 5.74) is 5.10. The first-order valence-corrected chi connectivity index (χ1v) is 8.83. The third kappa shape index (κ3) is 2.18. The van der Waals surface area contributed by atoms with Gasteiger partial charge in [0.15, 0.2) is 6.19 Å². The Labute approximate surface area is 151 Å². The van der Waals surface area contributed by atoms with Crippen molar-refractivity contribution in [3.05, 3.63) is 48.2 Å². The number of anilines is 1. The van der Waals surface area contributed by atoms with Gasteiger partial charge in [-0.1, -0.05) is 24.3 Å². The van der Waals surface area contributed by atoms with E-state index >= 15 is 0 Å². The normalized spacial score (nSPS) is 24.5. The molecule has 6 nitrogen and oxygen atoms in total. The van der Waals surface area contributed by atoms with E-state index in [0.717, 1.165) is 40.6 Å². The van der Waals surface area contributed by atoms with Crippen LogP contribution < -0.4 is 5.32 Å². The fourth-order valence-electron chi connectivity index (χ4n) is 4.38. The molecule has 1 saturated heterocycles. The van der Waals surface area contributed by atoms with Gasteiger partial charge in [0.1, 0.15) is 6.23 Å². The van der Waals surface area contributed by atoms with E-state index in [1.807, 2.05) is 18.3 Å². The van der Waals surface area contributed by atoms with Crippen LogP contribution in [0.15, 0.2) is 42.6 Å². The molecule has 5 rings (SSSR count). The van der Waals surface area contributed by atoms with E-state index in [2.05, 4.69) is 46.0 Å². The molecule has 0 radical (unpaired) electrons. The molecule has 3 N–H and O–H groups in total. The zero-order chi connectivity index (χ0) is 17.7. The Morgan fingerprint density at radius 2 is 2.23 bits per heavy atom. The van der Waals surface area contributed by atoms with Gasteiger partial charge in [-0.05, 0) is 41.7 Å². The van der Waals surface area contributed by atoms with Gasteiger partial charge in [0, 0.05) is 29.6 Å². The molecule has 0 saturated carbocycles. The maximum absolute atomic E-state index is 10.8. The average Bonchev–Trinajstić information content (AvgIpc) is 3.29. The van der Waals surface area contributed by atoms with Gasteiger partial charge in [0.25, 0.3) is 0 Å². The average molecular weight is 345 g/mol. The number of nitrogens with zero attached hydrogens (tertiary/aromatic N) is 3. The molecular weight excluding hydrogens is 326 g/mol. The molecular formula is C20H19N5O. The molecule has 2 aliphatic heterocycles. The van der Waals surface area contributed by atoms with E-state index in [4.69, 9.17) is 5.26 Å². The van der Waals surface area contributed by atoms with Crippen LogP contribution in [-0.2, 0) is 6.42 Å². The van der Waals surface area contributed by atoms with Crippen molar-refractivity contribution in [2.24, 2.45) is 5.41 Å². The summed E-state index contributed by atoms with van der Waals surface area (Å²) in [4.78, 5) is 1.74. The summed E-state index contributed by atoms with van der Waals surface area (Å²) in [7, 11) is 0. The first-order chi connectivity index (χ1) is 12.7. The number of H-pyrrole nitrogens is 1. The number of nitrogens with one attached hydrogen (secondary N) is 2. The van der Waals surface area contributed by atoms with Gasteiger partial charge in [-0.25, -0.2) is 0 Å². The summed E-state index contributed by atoms with van der Waals surface area (Å²) in [6.07, 6.45) is 5.02. The van der Waals surface area contributed by atoms with E-state index in [1.54, 1.807) is 4.90 Å². The lowest BCUT2D eigenvalue weighted by molar-refractivity contribution is 0.0501. The van der Waals surface area contributed by atoms with Crippen LogP contribution in [0.3, 0.4) is 0 Å². The van der Waals surface area contributed by atoms with Gasteiger partial charge in [-0.15, -0.1) is 0 Å². The minimum Gasteiger partial charge on any atom is -0.373 e. The molecule has 0 amide bonds. The molecule has 2 unspecified atom stereocenters. The quantitative estimate of drug-likeness (QED) is 0.590. The zero-order valence-electron chi connectivity index (χ0n) is 14.2. The van der Waals surface area contributed by atoms with Crippen LogP contribution in [0.1, 0.15) is 12.0 Å². The molecule has 6 heteroatoms. The van der Waals surface area contributed by atoms with Gasteiger partial charge in [0.05, 0.1) is 11.7 Å². The molecule has 1 spiro atoms. The van der Waals surface area contributed by atoms with Gasteiger partial charge in [-0.2, -0.15) is 10.4 Å². The van der Waals surface area contributed by atoms with E-state index in [0.29, 0.717) is 13.1 Å². The lowest BCUT2D eigenvalue weighted by atomic mass is 9.75. The van der Waals surface area contributed by atoms with Gasteiger partial charge >= 0.3 is 0 Å². The minimum atomic E-state index is -0.645. The van der Waals surface area contributed by atoms with E-state index in [9.17, 15) is 5.11 Å². The highest BCUT2D eigenvalue weighted by Crippen LogP contribution is 2.44. The second kappa shape index (κ2) is 5.48. The highest BCUT2D eigenvalue weighted by atomic mass is 16.3. The number of likely N-dealkylation sites (tertiary alicyclic amines) is 1. The molecule has 2 aliphatic rings. The van der Waals surface area contributed by atoms with Crippen molar-refractivity contribution in [2.45, 2.75) is 19.1 Å². The lowest BCUT2D eigenvalue weighted by Crippen LogP contribution is -2.47. The summed E-state index contributed by atoms with van der Waals surface area (Å²) in [6.45, 7) is 1.32. The second-order valence-electron chi connectivity index (χ2n) is 7.37. The molecule has 2 atom stereocenters. The van der Waals surface area contributed by atoms with Crippen LogP contribution >= 0.6 is 0 Å². The second-order valence-corrected chi connectivity index (χ2v) is 7.37. The number of aromatic amines is 1. The minimum absolute atomic E-state index is 0.283. The maximum Gasteiger partial charge on any atom is 0.179 e. The monoisotopic (exact) mass is 345 g/mol. The van der Waals surface area contributed by atoms with Crippen LogP contribution in [-0.4, -0.2) is 39.5 Å². The van der Waals surface area contributed by atoms with E-state index in [-0.39, 0.29) is 5.41 Å². The number of hydrogen-bond acceptors (Lipinski definition) is 5. The van der Waals surface area contributed by atoms with Gasteiger partial charge in [0.2, 0.25) is 0 Å². The predicted octanol–water partition coefficient (Wildman–Crippen LogP) is 2.69. The van der Waals surface area contributed by atoms with Crippen molar-refractivity contribution < 1.29 is 5.11 Å². The topological polar surface area (TPSA) is 88.0 Å². The number of aliphatic hydroxyl groups excluding tert-OH is 1. The number of fused-ring (bicyclic) bond motifs is 2. The maximum atomic E-state index is 10.8. The van der Waals surface area contributed by atoms with Crippen molar-refractivity contribution in [3.63, 3.8) is 0 Å². The van der Waals surface area contributed by atoms with Gasteiger partial charge in [-0.3, -0.25) is 5.10 Å². The van der Waals surface area contributed by atoms with E-state index in [1.165, 1.54) is 5.56 Å². The SMILES string of the molecule is N#CN1CCC2(Cc3ccc(-c4cccc5[nH]ncc45)cc3NC2O)C1. The highest BCUT2D eigenvalue weighted by molar-refractivity contribution is 5.94. The van der Waals surface area contributed by atoms with Crippen molar-refractivity contribution in [1.29, 1.82) is 5.26 Å². The van der Waals surface area contributed by atoms with Crippen molar-refractivity contribution in [1.82, 2.24) is 15.1 Å². The predicted molar refractivity (Wildman–Crippen MR) is 99.1 cm³/mol. The molecule has 1 fully saturated rings.